The van der Waals surface area contributed by atoms with Gasteiger partial charge in [0.05, 0.1) is 16.4 Å². The van der Waals surface area contributed by atoms with Crippen molar-refractivity contribution >= 4 is 15.9 Å². The third kappa shape index (κ3) is 2.69. The highest BCUT2D eigenvalue weighted by molar-refractivity contribution is 9.10. The molecule has 0 amide bonds. The Bertz CT molecular complexity index is 598. The number of benzene rings is 1. The second-order valence-electron chi connectivity index (χ2n) is 4.48. The van der Waals surface area contributed by atoms with Crippen LogP contribution in [0.1, 0.15) is 37.3 Å². The number of hydrogen-bond acceptors (Lipinski definition) is 2. The number of rotatable bonds is 3. The first-order valence-corrected chi connectivity index (χ1v) is 6.57. The number of hydrogen-bond donors (Lipinski definition) is 1. The molecule has 0 aliphatic heterocycles. The molecule has 19 heavy (non-hydrogen) atoms. The van der Waals surface area contributed by atoms with Gasteiger partial charge in [0.1, 0.15) is 17.7 Å². The molecule has 2 aromatic rings. The van der Waals surface area contributed by atoms with E-state index in [0.29, 0.717) is 10.2 Å². The van der Waals surface area contributed by atoms with Crippen LogP contribution in [0.5, 0.6) is 0 Å². The van der Waals surface area contributed by atoms with E-state index in [2.05, 4.69) is 21.0 Å². The molecular formula is C13H13BrF2N2O. The SMILES string of the molecule is CC(C)n1ncc(Br)c1C(O)c1ccc(F)cc1F. The molecule has 0 aliphatic carbocycles. The molecule has 3 nitrogen and oxygen atoms in total. The van der Waals surface area contributed by atoms with Crippen LogP contribution >= 0.6 is 15.9 Å². The quantitative estimate of drug-likeness (QED) is 0.933. The predicted molar refractivity (Wildman–Crippen MR) is 70.7 cm³/mol. The normalized spacial score (nSPS) is 13.0. The Morgan fingerprint density at radius 3 is 2.58 bits per heavy atom. The van der Waals surface area contributed by atoms with E-state index in [1.807, 2.05) is 13.8 Å². The van der Waals surface area contributed by atoms with Crippen LogP contribution in [0, 0.1) is 11.6 Å². The van der Waals surface area contributed by atoms with Crippen molar-refractivity contribution in [3.8, 4) is 0 Å². The standard InChI is InChI=1S/C13H13BrF2N2O/c1-7(2)18-12(10(14)6-17-18)13(19)9-4-3-8(15)5-11(9)16/h3-7,13,19H,1-2H3. The third-order valence-electron chi connectivity index (χ3n) is 2.79. The maximum Gasteiger partial charge on any atom is 0.132 e. The first-order chi connectivity index (χ1) is 8.91. The molecule has 102 valence electrons. The summed E-state index contributed by atoms with van der Waals surface area (Å²) in [7, 11) is 0. The number of aliphatic hydroxyl groups excluding tert-OH is 1. The van der Waals surface area contributed by atoms with Crippen molar-refractivity contribution in [3.63, 3.8) is 0 Å². The summed E-state index contributed by atoms with van der Waals surface area (Å²) >= 11 is 3.28. The highest BCUT2D eigenvalue weighted by Crippen LogP contribution is 2.31. The van der Waals surface area contributed by atoms with Crippen LogP contribution in [-0.2, 0) is 0 Å². The zero-order chi connectivity index (χ0) is 14.2. The molecule has 0 aliphatic rings. The first-order valence-electron chi connectivity index (χ1n) is 5.77. The second-order valence-corrected chi connectivity index (χ2v) is 5.34. The summed E-state index contributed by atoms with van der Waals surface area (Å²) in [5.41, 5.74) is 0.463. The lowest BCUT2D eigenvalue weighted by Gasteiger charge is -2.17. The van der Waals surface area contributed by atoms with Crippen molar-refractivity contribution in [3.05, 3.63) is 51.8 Å². The van der Waals surface area contributed by atoms with Crippen molar-refractivity contribution in [1.82, 2.24) is 9.78 Å². The highest BCUT2D eigenvalue weighted by Gasteiger charge is 2.23. The number of aliphatic hydroxyl groups is 1. The largest absolute Gasteiger partial charge is 0.382 e. The number of halogens is 3. The minimum atomic E-state index is -1.21. The summed E-state index contributed by atoms with van der Waals surface area (Å²) in [6.45, 7) is 3.80. The van der Waals surface area contributed by atoms with Crippen molar-refractivity contribution in [1.29, 1.82) is 0 Å². The molecular weight excluding hydrogens is 318 g/mol. The molecule has 0 spiro atoms. The van der Waals surface area contributed by atoms with Gasteiger partial charge in [0.25, 0.3) is 0 Å². The molecule has 0 bridgehead atoms. The fourth-order valence-corrected chi connectivity index (χ4v) is 2.38. The Balaban J connectivity index is 2.49. The smallest absolute Gasteiger partial charge is 0.132 e. The Kier molecular flexibility index (Phi) is 4.01. The first kappa shape index (κ1) is 14.1. The van der Waals surface area contributed by atoms with Crippen LogP contribution in [0.2, 0.25) is 0 Å². The average molecular weight is 331 g/mol. The van der Waals surface area contributed by atoms with Gasteiger partial charge in [-0.1, -0.05) is 6.07 Å². The molecule has 0 radical (unpaired) electrons. The topological polar surface area (TPSA) is 38.0 Å². The van der Waals surface area contributed by atoms with Crippen molar-refractivity contribution in [2.75, 3.05) is 0 Å². The van der Waals surface area contributed by atoms with Gasteiger partial charge in [0.2, 0.25) is 0 Å². The molecule has 6 heteroatoms. The summed E-state index contributed by atoms with van der Waals surface area (Å²) in [4.78, 5) is 0. The number of nitrogens with zero attached hydrogens (tertiary/aromatic N) is 2. The second kappa shape index (κ2) is 5.38. The summed E-state index contributed by atoms with van der Waals surface area (Å²) in [5.74, 6) is -1.46. The lowest BCUT2D eigenvalue weighted by molar-refractivity contribution is 0.199. The van der Waals surface area contributed by atoms with E-state index >= 15 is 0 Å². The molecule has 0 fully saturated rings. The van der Waals surface area contributed by atoms with Gasteiger partial charge < -0.3 is 5.11 Å². The van der Waals surface area contributed by atoms with Crippen LogP contribution in [0.3, 0.4) is 0 Å². The average Bonchev–Trinajstić information content (AvgIpc) is 2.70. The predicted octanol–water partition coefficient (Wildman–Crippen LogP) is 3.59. The Labute approximate surface area is 118 Å². The van der Waals surface area contributed by atoms with Gasteiger partial charge >= 0.3 is 0 Å². The zero-order valence-electron chi connectivity index (χ0n) is 10.4. The van der Waals surface area contributed by atoms with Crippen LogP contribution in [0.4, 0.5) is 8.78 Å². The van der Waals surface area contributed by atoms with Crippen LogP contribution in [0.15, 0.2) is 28.9 Å². The summed E-state index contributed by atoms with van der Waals surface area (Å²) in [6, 6.07) is 3.12. The van der Waals surface area contributed by atoms with Gasteiger partial charge in [-0.25, -0.2) is 8.78 Å². The molecule has 2 rings (SSSR count). The molecule has 0 saturated heterocycles. The molecule has 1 heterocycles. The molecule has 1 aromatic heterocycles. The molecule has 0 saturated carbocycles. The Morgan fingerprint density at radius 1 is 1.32 bits per heavy atom. The fraction of sp³-hybridized carbons (Fsp3) is 0.308. The summed E-state index contributed by atoms with van der Waals surface area (Å²) < 4.78 is 28.8. The van der Waals surface area contributed by atoms with Crippen molar-refractivity contribution in [2.45, 2.75) is 26.0 Å². The van der Waals surface area contributed by atoms with E-state index in [1.54, 1.807) is 10.9 Å². The minimum Gasteiger partial charge on any atom is -0.382 e. The van der Waals surface area contributed by atoms with Gasteiger partial charge in [-0.3, -0.25) is 4.68 Å². The van der Waals surface area contributed by atoms with Gasteiger partial charge in [0.15, 0.2) is 0 Å². The van der Waals surface area contributed by atoms with Gasteiger partial charge in [-0.2, -0.15) is 5.10 Å². The lowest BCUT2D eigenvalue weighted by atomic mass is 10.1. The van der Waals surface area contributed by atoms with Gasteiger partial charge in [-0.05, 0) is 35.8 Å². The summed E-state index contributed by atoms with van der Waals surface area (Å²) in [5, 5.41) is 14.4. The Morgan fingerprint density at radius 2 is 2.00 bits per heavy atom. The molecule has 1 unspecified atom stereocenters. The zero-order valence-corrected chi connectivity index (χ0v) is 12.0. The maximum atomic E-state index is 13.7. The van der Waals surface area contributed by atoms with Crippen LogP contribution in [-0.4, -0.2) is 14.9 Å². The Hall–Kier alpha value is -1.27. The van der Waals surface area contributed by atoms with E-state index in [9.17, 15) is 13.9 Å². The monoisotopic (exact) mass is 330 g/mol. The van der Waals surface area contributed by atoms with Gasteiger partial charge in [0, 0.05) is 17.7 Å². The van der Waals surface area contributed by atoms with E-state index in [0.717, 1.165) is 12.1 Å². The van der Waals surface area contributed by atoms with Crippen molar-refractivity contribution in [2.24, 2.45) is 0 Å². The maximum absolute atomic E-state index is 13.7. The van der Waals surface area contributed by atoms with Crippen molar-refractivity contribution < 1.29 is 13.9 Å². The van der Waals surface area contributed by atoms with E-state index in [4.69, 9.17) is 0 Å². The van der Waals surface area contributed by atoms with E-state index in [1.165, 1.54) is 6.07 Å². The fourth-order valence-electron chi connectivity index (χ4n) is 1.89. The molecule has 1 N–H and O–H groups in total. The van der Waals surface area contributed by atoms with E-state index < -0.39 is 17.7 Å². The summed E-state index contributed by atoms with van der Waals surface area (Å²) in [6.07, 6.45) is 0.333. The van der Waals surface area contributed by atoms with E-state index in [-0.39, 0.29) is 11.6 Å². The number of aromatic nitrogens is 2. The third-order valence-corrected chi connectivity index (χ3v) is 3.40. The van der Waals surface area contributed by atoms with Gasteiger partial charge in [-0.15, -0.1) is 0 Å². The molecule has 1 aromatic carbocycles. The highest BCUT2D eigenvalue weighted by atomic mass is 79.9. The lowest BCUT2D eigenvalue weighted by Crippen LogP contribution is -2.13. The van der Waals surface area contributed by atoms with Crippen LogP contribution in [0.25, 0.3) is 0 Å². The molecule has 1 atom stereocenters. The van der Waals surface area contributed by atoms with Crippen LogP contribution < -0.4 is 0 Å². The minimum absolute atomic E-state index is 0.0134.